The maximum absolute atomic E-state index is 12.1. The lowest BCUT2D eigenvalue weighted by molar-refractivity contribution is -0.112. The largest absolute Gasteiger partial charge is 0.389 e. The summed E-state index contributed by atoms with van der Waals surface area (Å²) in [5, 5.41) is 20.2. The van der Waals surface area contributed by atoms with Crippen LogP contribution in [0.4, 0.5) is 5.69 Å². The number of rotatable bonds is 7. The molecule has 140 valence electrons. The predicted molar refractivity (Wildman–Crippen MR) is 103 cm³/mol. The van der Waals surface area contributed by atoms with Crippen molar-refractivity contribution in [1.82, 2.24) is 5.32 Å². The monoisotopic (exact) mass is 404 g/mol. The van der Waals surface area contributed by atoms with Gasteiger partial charge < -0.3 is 10.6 Å². The van der Waals surface area contributed by atoms with E-state index < -0.39 is 15.9 Å². The third-order valence-electron chi connectivity index (χ3n) is 3.50. The zero-order valence-corrected chi connectivity index (χ0v) is 15.7. The number of hydrogen-bond donors (Lipinski definition) is 3. The summed E-state index contributed by atoms with van der Waals surface area (Å²) in [6.07, 6.45) is 2.00. The van der Waals surface area contributed by atoms with E-state index in [4.69, 9.17) is 22.0 Å². The lowest BCUT2D eigenvalue weighted by atomic mass is 10.1. The molecule has 27 heavy (non-hydrogen) atoms. The fourth-order valence-electron chi connectivity index (χ4n) is 2.16. The highest BCUT2D eigenvalue weighted by molar-refractivity contribution is 7.89. The molecule has 0 saturated heterocycles. The Hall–Kier alpha value is -2.86. The number of halogens is 1. The molecule has 2 aromatic carbocycles. The third-order valence-corrected chi connectivity index (χ3v) is 4.66. The minimum Gasteiger partial charge on any atom is -0.389 e. The van der Waals surface area contributed by atoms with Crippen molar-refractivity contribution in [3.8, 4) is 6.07 Å². The molecular weight excluding hydrogens is 388 g/mol. The maximum atomic E-state index is 12.1. The number of anilines is 1. The molecule has 0 fully saturated rings. The highest BCUT2D eigenvalue weighted by atomic mass is 35.5. The number of nitriles is 1. The van der Waals surface area contributed by atoms with Gasteiger partial charge in [0.05, 0.1) is 4.90 Å². The molecule has 0 aliphatic carbocycles. The molecule has 0 aliphatic heterocycles. The number of primary sulfonamides is 1. The van der Waals surface area contributed by atoms with E-state index in [9.17, 15) is 13.2 Å². The van der Waals surface area contributed by atoms with Crippen LogP contribution in [0.15, 0.2) is 65.2 Å². The van der Waals surface area contributed by atoms with E-state index >= 15 is 0 Å². The lowest BCUT2D eigenvalue weighted by Gasteiger charge is -2.06. The van der Waals surface area contributed by atoms with E-state index in [1.54, 1.807) is 6.07 Å². The number of nitrogens with zero attached hydrogens (tertiary/aromatic N) is 1. The second kappa shape index (κ2) is 9.19. The first kappa shape index (κ1) is 20.5. The Kier molecular flexibility index (Phi) is 6.96. The summed E-state index contributed by atoms with van der Waals surface area (Å²) in [6.45, 7) is 0.516. The van der Waals surface area contributed by atoms with Crippen molar-refractivity contribution < 1.29 is 13.2 Å². The van der Waals surface area contributed by atoms with Crippen molar-refractivity contribution in [2.75, 3.05) is 11.9 Å². The Bertz CT molecular complexity index is 996. The molecule has 2 rings (SSSR count). The number of carbonyl (C=O) groups is 1. The second-order valence-electron chi connectivity index (χ2n) is 5.53. The molecule has 4 N–H and O–H groups in total. The van der Waals surface area contributed by atoms with Gasteiger partial charge >= 0.3 is 0 Å². The number of amides is 1. The Labute approximate surface area is 162 Å². The van der Waals surface area contributed by atoms with Crippen LogP contribution in [-0.4, -0.2) is 20.9 Å². The molecule has 0 unspecified atom stereocenters. The Morgan fingerprint density at radius 1 is 1.22 bits per heavy atom. The molecule has 0 radical (unpaired) electrons. The van der Waals surface area contributed by atoms with Crippen molar-refractivity contribution in [2.24, 2.45) is 5.14 Å². The van der Waals surface area contributed by atoms with Gasteiger partial charge in [-0.15, -0.1) is 0 Å². The molecule has 0 aromatic heterocycles. The summed E-state index contributed by atoms with van der Waals surface area (Å²) >= 11 is 5.92. The number of carbonyl (C=O) groups excluding carboxylic acids is 1. The minimum absolute atomic E-state index is 0.0702. The fraction of sp³-hybridized carbons (Fsp3) is 0.111. The summed E-state index contributed by atoms with van der Waals surface area (Å²) in [4.78, 5) is 12.1. The van der Waals surface area contributed by atoms with E-state index in [-0.39, 0.29) is 10.5 Å². The minimum atomic E-state index is -3.80. The highest BCUT2D eigenvalue weighted by Gasteiger charge is 2.11. The Morgan fingerprint density at radius 2 is 1.93 bits per heavy atom. The molecular formula is C18H17ClN4O3S. The summed E-state index contributed by atoms with van der Waals surface area (Å²) < 4.78 is 22.4. The fourth-order valence-corrected chi connectivity index (χ4v) is 2.89. The first-order valence-electron chi connectivity index (χ1n) is 7.82. The van der Waals surface area contributed by atoms with Crippen LogP contribution in [0.5, 0.6) is 0 Å². The molecule has 0 bridgehead atoms. The third kappa shape index (κ3) is 6.42. The van der Waals surface area contributed by atoms with Crippen LogP contribution in [0.1, 0.15) is 5.56 Å². The average molecular weight is 405 g/mol. The van der Waals surface area contributed by atoms with Gasteiger partial charge in [-0.1, -0.05) is 23.7 Å². The SMILES string of the molecule is N#C/C(=C/NCCc1cccc(Cl)c1)C(=O)Nc1ccc(S(N)(=O)=O)cc1. The van der Waals surface area contributed by atoms with E-state index in [1.165, 1.54) is 30.5 Å². The van der Waals surface area contributed by atoms with Crippen LogP contribution in [0, 0.1) is 11.3 Å². The van der Waals surface area contributed by atoms with Gasteiger partial charge in [0, 0.05) is 23.5 Å². The van der Waals surface area contributed by atoms with Crippen LogP contribution >= 0.6 is 11.6 Å². The zero-order valence-electron chi connectivity index (χ0n) is 14.1. The number of sulfonamides is 1. The average Bonchev–Trinajstić information content (AvgIpc) is 2.61. The standard InChI is InChI=1S/C18H17ClN4O3S/c19-15-3-1-2-13(10-15)8-9-22-12-14(11-20)18(24)23-16-4-6-17(7-5-16)27(21,25)26/h1-7,10,12,22H,8-9H2,(H,23,24)(H2,21,25,26)/b14-12-. The topological polar surface area (TPSA) is 125 Å². The van der Waals surface area contributed by atoms with Crippen molar-refractivity contribution >= 4 is 33.2 Å². The summed E-state index contributed by atoms with van der Waals surface area (Å²) in [5.41, 5.74) is 1.25. The Morgan fingerprint density at radius 3 is 2.52 bits per heavy atom. The number of nitrogens with one attached hydrogen (secondary N) is 2. The number of hydrogen-bond acceptors (Lipinski definition) is 5. The molecule has 9 heteroatoms. The highest BCUT2D eigenvalue weighted by Crippen LogP contribution is 2.13. The lowest BCUT2D eigenvalue weighted by Crippen LogP contribution is -2.18. The second-order valence-corrected chi connectivity index (χ2v) is 7.53. The first-order valence-corrected chi connectivity index (χ1v) is 9.74. The van der Waals surface area contributed by atoms with Gasteiger partial charge in [-0.05, 0) is 48.4 Å². The molecule has 0 atom stereocenters. The summed E-state index contributed by atoms with van der Waals surface area (Å²) in [7, 11) is -3.80. The van der Waals surface area contributed by atoms with E-state index in [2.05, 4.69) is 10.6 Å². The van der Waals surface area contributed by atoms with Crippen molar-refractivity contribution in [3.63, 3.8) is 0 Å². The molecule has 7 nitrogen and oxygen atoms in total. The van der Waals surface area contributed by atoms with Gasteiger partial charge in [-0.2, -0.15) is 5.26 Å². The molecule has 2 aromatic rings. The summed E-state index contributed by atoms with van der Waals surface area (Å²) in [5.74, 6) is -0.615. The molecule has 0 saturated carbocycles. The van der Waals surface area contributed by atoms with Crippen molar-refractivity contribution in [2.45, 2.75) is 11.3 Å². The van der Waals surface area contributed by atoms with Crippen molar-refractivity contribution in [1.29, 1.82) is 5.26 Å². The molecule has 0 spiro atoms. The van der Waals surface area contributed by atoms with Crippen molar-refractivity contribution in [3.05, 3.63) is 70.9 Å². The van der Waals surface area contributed by atoms with Gasteiger partial charge in [-0.3, -0.25) is 4.79 Å². The van der Waals surface area contributed by atoms with E-state index in [1.807, 2.05) is 24.3 Å². The normalized spacial score (nSPS) is 11.5. The molecule has 0 aliphatic rings. The predicted octanol–water partition coefficient (Wildman–Crippen LogP) is 2.17. The number of nitrogens with two attached hydrogens (primary N) is 1. The van der Waals surface area contributed by atoms with Gasteiger partial charge in [0.25, 0.3) is 5.91 Å². The van der Waals surface area contributed by atoms with Crippen LogP contribution in [0.25, 0.3) is 0 Å². The summed E-state index contributed by atoms with van der Waals surface area (Å²) in [6, 6.07) is 14.5. The van der Waals surface area contributed by atoms with Gasteiger partial charge in [0.1, 0.15) is 11.6 Å². The number of benzene rings is 2. The van der Waals surface area contributed by atoms with Crippen LogP contribution < -0.4 is 15.8 Å². The van der Waals surface area contributed by atoms with Gasteiger partial charge in [0.2, 0.25) is 10.0 Å². The van der Waals surface area contributed by atoms with E-state index in [0.29, 0.717) is 23.7 Å². The van der Waals surface area contributed by atoms with Crippen LogP contribution in [0.2, 0.25) is 5.02 Å². The molecule has 0 heterocycles. The zero-order chi connectivity index (χ0) is 19.9. The first-order chi connectivity index (χ1) is 12.8. The smallest absolute Gasteiger partial charge is 0.267 e. The quantitative estimate of drug-likeness (QED) is 0.370. The van der Waals surface area contributed by atoms with Crippen LogP contribution in [0.3, 0.4) is 0 Å². The van der Waals surface area contributed by atoms with Gasteiger partial charge in [0.15, 0.2) is 0 Å². The maximum Gasteiger partial charge on any atom is 0.267 e. The Balaban J connectivity index is 1.93. The van der Waals surface area contributed by atoms with E-state index in [0.717, 1.165) is 5.56 Å². The van der Waals surface area contributed by atoms with Crippen LogP contribution in [-0.2, 0) is 21.2 Å². The molecule has 1 amide bonds. The van der Waals surface area contributed by atoms with Gasteiger partial charge in [-0.25, -0.2) is 13.6 Å².